The smallest absolute Gasteiger partial charge is 0.173 e. The Kier molecular flexibility index (Phi) is 2.90. The summed E-state index contributed by atoms with van der Waals surface area (Å²) in [6.45, 7) is 1.04. The number of hydrogen-bond acceptors (Lipinski definition) is 4. The van der Waals surface area contributed by atoms with Crippen molar-refractivity contribution >= 4 is 15.9 Å². The highest BCUT2D eigenvalue weighted by Gasteiger charge is 2.23. The minimum Gasteiger partial charge on any atom is -0.307 e. The lowest BCUT2D eigenvalue weighted by atomic mass is 10.2. The van der Waals surface area contributed by atoms with Crippen LogP contribution in [0.15, 0.2) is 28.7 Å². The third-order valence-corrected chi connectivity index (χ3v) is 3.62. The van der Waals surface area contributed by atoms with Gasteiger partial charge in [-0.05, 0) is 57.9 Å². The van der Waals surface area contributed by atoms with Crippen molar-refractivity contribution < 1.29 is 0 Å². The van der Waals surface area contributed by atoms with Gasteiger partial charge in [-0.1, -0.05) is 12.1 Å². The minimum atomic E-state index is 0.261. The first-order valence-electron chi connectivity index (χ1n) is 5.63. The Morgan fingerprint density at radius 1 is 1.35 bits per heavy atom. The van der Waals surface area contributed by atoms with Crippen molar-refractivity contribution in [3.63, 3.8) is 0 Å². The van der Waals surface area contributed by atoms with Crippen molar-refractivity contribution in [2.75, 3.05) is 6.54 Å². The van der Waals surface area contributed by atoms with Gasteiger partial charge in [0, 0.05) is 4.47 Å². The SMILES string of the molecule is Brc1ccccc1-n1nnnc1C1CCCN1. The number of aromatic nitrogens is 4. The Hall–Kier alpha value is -1.27. The van der Waals surface area contributed by atoms with Crippen LogP contribution in [0.1, 0.15) is 24.7 Å². The Bertz CT molecular complexity index is 518. The van der Waals surface area contributed by atoms with Gasteiger partial charge in [-0.15, -0.1) is 5.10 Å². The lowest BCUT2D eigenvalue weighted by Crippen LogP contribution is -2.18. The molecular formula is C11H12BrN5. The molecule has 1 aliphatic rings. The third kappa shape index (κ3) is 1.98. The zero-order chi connectivity index (χ0) is 11.7. The summed E-state index contributed by atoms with van der Waals surface area (Å²) in [6, 6.07) is 8.21. The van der Waals surface area contributed by atoms with Crippen molar-refractivity contribution in [3.05, 3.63) is 34.6 Å². The van der Waals surface area contributed by atoms with Crippen LogP contribution in [0.5, 0.6) is 0 Å². The van der Waals surface area contributed by atoms with E-state index >= 15 is 0 Å². The summed E-state index contributed by atoms with van der Waals surface area (Å²) >= 11 is 3.52. The normalized spacial score (nSPS) is 19.7. The molecule has 17 heavy (non-hydrogen) atoms. The second-order valence-electron chi connectivity index (χ2n) is 4.05. The summed E-state index contributed by atoms with van der Waals surface area (Å²) in [5.74, 6) is 0.884. The van der Waals surface area contributed by atoms with Gasteiger partial charge < -0.3 is 5.32 Å². The Morgan fingerprint density at radius 3 is 3.00 bits per heavy atom. The summed E-state index contributed by atoms with van der Waals surface area (Å²) in [5, 5.41) is 15.4. The van der Waals surface area contributed by atoms with Gasteiger partial charge in [-0.25, -0.2) is 0 Å². The molecule has 2 aromatic rings. The molecule has 0 saturated carbocycles. The van der Waals surface area contributed by atoms with Gasteiger partial charge >= 0.3 is 0 Å². The molecule has 0 bridgehead atoms. The van der Waals surface area contributed by atoms with E-state index in [9.17, 15) is 0 Å². The topological polar surface area (TPSA) is 55.6 Å². The highest BCUT2D eigenvalue weighted by atomic mass is 79.9. The fourth-order valence-electron chi connectivity index (χ4n) is 2.11. The van der Waals surface area contributed by atoms with E-state index in [1.165, 1.54) is 6.42 Å². The maximum Gasteiger partial charge on any atom is 0.173 e. The molecule has 1 N–H and O–H groups in total. The average Bonchev–Trinajstić information content (AvgIpc) is 3.00. The summed E-state index contributed by atoms with van der Waals surface area (Å²) in [5.41, 5.74) is 0.973. The van der Waals surface area contributed by atoms with E-state index in [-0.39, 0.29) is 6.04 Å². The Labute approximate surface area is 107 Å². The molecule has 1 aromatic heterocycles. The van der Waals surface area contributed by atoms with Gasteiger partial charge in [0.25, 0.3) is 0 Å². The number of benzene rings is 1. The van der Waals surface area contributed by atoms with Crippen molar-refractivity contribution in [1.82, 2.24) is 25.5 Å². The molecular weight excluding hydrogens is 282 g/mol. The summed E-state index contributed by atoms with van der Waals surface area (Å²) in [4.78, 5) is 0. The number of rotatable bonds is 2. The summed E-state index contributed by atoms with van der Waals surface area (Å²) in [7, 11) is 0. The van der Waals surface area contributed by atoms with Crippen LogP contribution in [0, 0.1) is 0 Å². The molecule has 1 atom stereocenters. The molecule has 0 aliphatic carbocycles. The molecule has 1 aromatic carbocycles. The summed E-state index contributed by atoms with van der Waals surface area (Å²) < 4.78 is 2.79. The molecule has 2 heterocycles. The van der Waals surface area contributed by atoms with E-state index in [1.54, 1.807) is 4.68 Å². The van der Waals surface area contributed by atoms with E-state index in [2.05, 4.69) is 36.8 Å². The van der Waals surface area contributed by atoms with Gasteiger partial charge in [0.2, 0.25) is 0 Å². The second kappa shape index (κ2) is 4.54. The van der Waals surface area contributed by atoms with Crippen molar-refractivity contribution in [2.45, 2.75) is 18.9 Å². The molecule has 1 unspecified atom stereocenters. The molecule has 6 heteroatoms. The fraction of sp³-hybridized carbons (Fsp3) is 0.364. The van der Waals surface area contributed by atoms with Gasteiger partial charge in [-0.2, -0.15) is 4.68 Å². The number of halogens is 1. The standard InChI is InChI=1S/C11H12BrN5/c12-8-4-1-2-6-10(8)17-11(14-15-16-17)9-5-3-7-13-9/h1-2,4,6,9,13H,3,5,7H2. The molecule has 5 nitrogen and oxygen atoms in total. The van der Waals surface area contributed by atoms with Crippen LogP contribution in [0.4, 0.5) is 0 Å². The molecule has 1 fully saturated rings. The first-order chi connectivity index (χ1) is 8.36. The van der Waals surface area contributed by atoms with Crippen LogP contribution >= 0.6 is 15.9 Å². The largest absolute Gasteiger partial charge is 0.307 e. The van der Waals surface area contributed by atoms with Crippen LogP contribution < -0.4 is 5.32 Å². The maximum atomic E-state index is 4.13. The maximum absolute atomic E-state index is 4.13. The van der Waals surface area contributed by atoms with E-state index in [4.69, 9.17) is 0 Å². The molecule has 0 spiro atoms. The van der Waals surface area contributed by atoms with Gasteiger partial charge in [-0.3, -0.25) is 0 Å². The molecule has 1 saturated heterocycles. The number of nitrogens with zero attached hydrogens (tertiary/aromatic N) is 4. The zero-order valence-electron chi connectivity index (χ0n) is 9.17. The highest BCUT2D eigenvalue weighted by molar-refractivity contribution is 9.10. The van der Waals surface area contributed by atoms with E-state index in [0.717, 1.165) is 29.0 Å². The van der Waals surface area contributed by atoms with Crippen LogP contribution in [-0.2, 0) is 0 Å². The second-order valence-corrected chi connectivity index (χ2v) is 4.90. The molecule has 0 radical (unpaired) electrons. The lowest BCUT2D eigenvalue weighted by molar-refractivity contribution is 0.583. The van der Waals surface area contributed by atoms with Crippen LogP contribution in [0.3, 0.4) is 0 Å². The highest BCUT2D eigenvalue weighted by Crippen LogP contribution is 2.25. The van der Waals surface area contributed by atoms with Crippen LogP contribution in [0.25, 0.3) is 5.69 Å². The fourth-order valence-corrected chi connectivity index (χ4v) is 2.56. The van der Waals surface area contributed by atoms with Crippen LogP contribution in [0.2, 0.25) is 0 Å². The zero-order valence-corrected chi connectivity index (χ0v) is 10.8. The molecule has 0 amide bonds. The number of nitrogens with one attached hydrogen (secondary N) is 1. The van der Waals surface area contributed by atoms with Gasteiger partial charge in [0.15, 0.2) is 5.82 Å². The first kappa shape index (κ1) is 10.9. The predicted octanol–water partition coefficient (Wildman–Crippen LogP) is 1.85. The van der Waals surface area contributed by atoms with Crippen molar-refractivity contribution in [3.8, 4) is 5.69 Å². The minimum absolute atomic E-state index is 0.261. The average molecular weight is 294 g/mol. The van der Waals surface area contributed by atoms with Crippen LogP contribution in [-0.4, -0.2) is 26.8 Å². The molecule has 3 rings (SSSR count). The monoisotopic (exact) mass is 293 g/mol. The quantitative estimate of drug-likeness (QED) is 0.918. The summed E-state index contributed by atoms with van der Waals surface area (Å²) in [6.07, 6.45) is 2.26. The van der Waals surface area contributed by atoms with Gasteiger partial charge in [0.05, 0.1) is 11.7 Å². The first-order valence-corrected chi connectivity index (χ1v) is 6.42. The Morgan fingerprint density at radius 2 is 2.24 bits per heavy atom. The van der Waals surface area contributed by atoms with Crippen molar-refractivity contribution in [2.24, 2.45) is 0 Å². The number of hydrogen-bond donors (Lipinski definition) is 1. The van der Waals surface area contributed by atoms with E-state index < -0.39 is 0 Å². The predicted molar refractivity (Wildman–Crippen MR) is 66.8 cm³/mol. The molecule has 88 valence electrons. The third-order valence-electron chi connectivity index (χ3n) is 2.95. The van der Waals surface area contributed by atoms with Gasteiger partial charge in [0.1, 0.15) is 0 Å². The van der Waals surface area contributed by atoms with E-state index in [1.807, 2.05) is 24.3 Å². The Balaban J connectivity index is 2.04. The van der Waals surface area contributed by atoms with Crippen molar-refractivity contribution in [1.29, 1.82) is 0 Å². The van der Waals surface area contributed by atoms with E-state index in [0.29, 0.717) is 0 Å². The number of tetrazole rings is 1. The molecule has 1 aliphatic heterocycles. The lowest BCUT2D eigenvalue weighted by Gasteiger charge is -2.11. The number of para-hydroxylation sites is 1.